The van der Waals surface area contributed by atoms with E-state index in [1.54, 1.807) is 12.5 Å². The van der Waals surface area contributed by atoms with E-state index in [9.17, 15) is 4.79 Å². The standard InChI is InChI=1S/C21H25N3O2/c1-17(13-19-6-4-12-26-19)14-23-10-7-21(16-23)8-11-24(20(21)25)15-18-5-2-3-9-22-18/h2-6,9,12-13H,7-8,10-11,14-16H2,1H3/b17-13+. The number of likely N-dealkylation sites (tertiary alicyclic amines) is 2. The number of hydrogen-bond acceptors (Lipinski definition) is 4. The Morgan fingerprint density at radius 1 is 1.27 bits per heavy atom. The van der Waals surface area contributed by atoms with E-state index in [-0.39, 0.29) is 5.41 Å². The summed E-state index contributed by atoms with van der Waals surface area (Å²) in [5, 5.41) is 0. The third-order valence-electron chi connectivity index (χ3n) is 5.52. The van der Waals surface area contributed by atoms with Gasteiger partial charge in [-0.2, -0.15) is 0 Å². The normalized spacial score (nSPS) is 24.1. The molecule has 5 heteroatoms. The first-order chi connectivity index (χ1) is 12.6. The highest BCUT2D eigenvalue weighted by Crippen LogP contribution is 2.41. The first kappa shape index (κ1) is 17.0. The molecule has 2 saturated heterocycles. The van der Waals surface area contributed by atoms with E-state index in [4.69, 9.17) is 4.42 Å². The Labute approximate surface area is 154 Å². The van der Waals surface area contributed by atoms with Crippen molar-refractivity contribution in [3.8, 4) is 0 Å². The molecule has 4 heterocycles. The molecule has 1 spiro atoms. The fraction of sp³-hybridized carbons (Fsp3) is 0.429. The van der Waals surface area contributed by atoms with E-state index < -0.39 is 0 Å². The monoisotopic (exact) mass is 351 g/mol. The van der Waals surface area contributed by atoms with Crippen molar-refractivity contribution in [3.05, 3.63) is 59.8 Å². The molecule has 0 aromatic carbocycles. The van der Waals surface area contributed by atoms with Gasteiger partial charge in [0.15, 0.2) is 0 Å². The van der Waals surface area contributed by atoms with Crippen molar-refractivity contribution in [2.24, 2.45) is 5.41 Å². The minimum atomic E-state index is -0.195. The summed E-state index contributed by atoms with van der Waals surface area (Å²) in [7, 11) is 0. The SMILES string of the molecule is C/C(=C\c1ccco1)CN1CCC2(CCN(Cc3ccccn3)C2=O)C1. The van der Waals surface area contributed by atoms with Gasteiger partial charge in [0.1, 0.15) is 5.76 Å². The predicted molar refractivity (Wildman–Crippen MR) is 100 cm³/mol. The van der Waals surface area contributed by atoms with Crippen LogP contribution in [0.4, 0.5) is 0 Å². The van der Waals surface area contributed by atoms with Gasteiger partial charge < -0.3 is 9.32 Å². The van der Waals surface area contributed by atoms with Crippen molar-refractivity contribution in [2.75, 3.05) is 26.2 Å². The average molecular weight is 351 g/mol. The van der Waals surface area contributed by atoms with Crippen molar-refractivity contribution in [3.63, 3.8) is 0 Å². The number of carbonyl (C=O) groups excluding carboxylic acids is 1. The molecule has 0 aliphatic carbocycles. The van der Waals surface area contributed by atoms with Gasteiger partial charge in [-0.15, -0.1) is 0 Å². The zero-order chi connectivity index (χ0) is 18.0. The summed E-state index contributed by atoms with van der Waals surface area (Å²) < 4.78 is 5.39. The van der Waals surface area contributed by atoms with Gasteiger partial charge in [-0.05, 0) is 56.7 Å². The molecule has 2 fully saturated rings. The molecule has 2 aliphatic heterocycles. The molecule has 0 radical (unpaired) electrons. The van der Waals surface area contributed by atoms with Crippen LogP contribution in [0.3, 0.4) is 0 Å². The number of nitrogens with zero attached hydrogens (tertiary/aromatic N) is 3. The number of carbonyl (C=O) groups is 1. The number of aromatic nitrogens is 1. The average Bonchev–Trinajstić information content (AvgIpc) is 3.35. The summed E-state index contributed by atoms with van der Waals surface area (Å²) in [4.78, 5) is 21.8. The van der Waals surface area contributed by atoms with E-state index in [1.807, 2.05) is 35.2 Å². The first-order valence-electron chi connectivity index (χ1n) is 9.27. The van der Waals surface area contributed by atoms with Crippen LogP contribution in [0.5, 0.6) is 0 Å². The molecule has 2 aliphatic rings. The van der Waals surface area contributed by atoms with Crippen LogP contribution < -0.4 is 0 Å². The molecule has 2 aromatic heterocycles. The summed E-state index contributed by atoms with van der Waals surface area (Å²) in [5.74, 6) is 1.19. The van der Waals surface area contributed by atoms with E-state index in [2.05, 4.69) is 22.9 Å². The zero-order valence-corrected chi connectivity index (χ0v) is 15.2. The minimum Gasteiger partial charge on any atom is -0.465 e. The van der Waals surface area contributed by atoms with Gasteiger partial charge in [-0.3, -0.25) is 14.7 Å². The Hall–Kier alpha value is -2.40. The van der Waals surface area contributed by atoms with Crippen LogP contribution in [0, 0.1) is 5.41 Å². The molecule has 2 aromatic rings. The van der Waals surface area contributed by atoms with Crippen molar-refractivity contribution >= 4 is 12.0 Å². The second kappa shape index (κ2) is 7.08. The maximum absolute atomic E-state index is 13.1. The third-order valence-corrected chi connectivity index (χ3v) is 5.52. The van der Waals surface area contributed by atoms with Crippen LogP contribution in [-0.2, 0) is 11.3 Å². The van der Waals surface area contributed by atoms with Gasteiger partial charge in [0.2, 0.25) is 5.91 Å². The smallest absolute Gasteiger partial charge is 0.230 e. The molecule has 0 bridgehead atoms. The van der Waals surface area contributed by atoms with Crippen molar-refractivity contribution in [1.29, 1.82) is 0 Å². The van der Waals surface area contributed by atoms with Gasteiger partial charge >= 0.3 is 0 Å². The van der Waals surface area contributed by atoms with Crippen LogP contribution in [0.25, 0.3) is 6.08 Å². The molecule has 4 rings (SSSR count). The number of hydrogen-bond donors (Lipinski definition) is 0. The van der Waals surface area contributed by atoms with Crippen LogP contribution in [0.15, 0.2) is 52.8 Å². The summed E-state index contributed by atoms with van der Waals surface area (Å²) in [6.07, 6.45) is 7.47. The summed E-state index contributed by atoms with van der Waals surface area (Å²) in [6.45, 7) is 6.30. The second-order valence-corrected chi connectivity index (χ2v) is 7.54. The third kappa shape index (κ3) is 3.44. The maximum atomic E-state index is 13.1. The fourth-order valence-electron chi connectivity index (χ4n) is 4.22. The van der Waals surface area contributed by atoms with E-state index in [1.165, 1.54) is 5.57 Å². The Balaban J connectivity index is 1.37. The molecule has 0 N–H and O–H groups in total. The molecular weight excluding hydrogens is 326 g/mol. The lowest BCUT2D eigenvalue weighted by Crippen LogP contribution is -2.37. The Bertz CT molecular complexity index is 785. The van der Waals surface area contributed by atoms with Gasteiger partial charge in [0, 0.05) is 25.8 Å². The molecule has 1 amide bonds. The highest BCUT2D eigenvalue weighted by atomic mass is 16.3. The number of amides is 1. The van der Waals surface area contributed by atoms with E-state index >= 15 is 0 Å². The van der Waals surface area contributed by atoms with Crippen molar-refractivity contribution < 1.29 is 9.21 Å². The van der Waals surface area contributed by atoms with Crippen LogP contribution in [0.2, 0.25) is 0 Å². The predicted octanol–water partition coefficient (Wildman–Crippen LogP) is 3.20. The Morgan fingerprint density at radius 3 is 2.92 bits per heavy atom. The minimum absolute atomic E-state index is 0.195. The topological polar surface area (TPSA) is 49.6 Å². The molecule has 5 nitrogen and oxygen atoms in total. The lowest BCUT2D eigenvalue weighted by atomic mass is 9.85. The largest absolute Gasteiger partial charge is 0.465 e. The Morgan fingerprint density at radius 2 is 2.15 bits per heavy atom. The highest BCUT2D eigenvalue weighted by molar-refractivity contribution is 5.85. The second-order valence-electron chi connectivity index (χ2n) is 7.54. The first-order valence-corrected chi connectivity index (χ1v) is 9.27. The maximum Gasteiger partial charge on any atom is 0.230 e. The summed E-state index contributed by atoms with van der Waals surface area (Å²) in [5.41, 5.74) is 2.03. The van der Waals surface area contributed by atoms with Crippen molar-refractivity contribution in [2.45, 2.75) is 26.3 Å². The van der Waals surface area contributed by atoms with Gasteiger partial charge in [-0.1, -0.05) is 11.6 Å². The zero-order valence-electron chi connectivity index (χ0n) is 15.2. The van der Waals surface area contributed by atoms with Gasteiger partial charge in [0.25, 0.3) is 0 Å². The lowest BCUT2D eigenvalue weighted by Gasteiger charge is -2.23. The molecular formula is C21H25N3O2. The molecule has 26 heavy (non-hydrogen) atoms. The van der Waals surface area contributed by atoms with Gasteiger partial charge in [-0.25, -0.2) is 0 Å². The van der Waals surface area contributed by atoms with E-state index in [0.717, 1.165) is 50.5 Å². The number of pyridine rings is 1. The van der Waals surface area contributed by atoms with E-state index in [0.29, 0.717) is 12.5 Å². The van der Waals surface area contributed by atoms with Crippen LogP contribution >= 0.6 is 0 Å². The summed E-state index contributed by atoms with van der Waals surface area (Å²) in [6, 6.07) is 9.73. The van der Waals surface area contributed by atoms with Crippen LogP contribution in [-0.4, -0.2) is 46.9 Å². The number of furan rings is 1. The molecule has 1 atom stereocenters. The summed E-state index contributed by atoms with van der Waals surface area (Å²) >= 11 is 0. The van der Waals surface area contributed by atoms with Gasteiger partial charge in [0.05, 0.1) is 23.9 Å². The Kier molecular flexibility index (Phi) is 4.64. The lowest BCUT2D eigenvalue weighted by molar-refractivity contribution is -0.136. The van der Waals surface area contributed by atoms with Crippen molar-refractivity contribution in [1.82, 2.24) is 14.8 Å². The molecule has 0 saturated carbocycles. The van der Waals surface area contributed by atoms with Crippen LogP contribution in [0.1, 0.15) is 31.2 Å². The number of rotatable bonds is 5. The fourth-order valence-corrected chi connectivity index (χ4v) is 4.22. The highest BCUT2D eigenvalue weighted by Gasteiger charge is 2.50. The molecule has 136 valence electrons. The quantitative estimate of drug-likeness (QED) is 0.830. The molecule has 1 unspecified atom stereocenters.